The van der Waals surface area contributed by atoms with Crippen molar-refractivity contribution < 1.29 is 24.2 Å². The van der Waals surface area contributed by atoms with E-state index in [-0.39, 0.29) is 44.1 Å². The Hall–Kier alpha value is -4.35. The number of rotatable bonds is 15. The zero-order chi connectivity index (χ0) is 33.2. The molecule has 0 radical (unpaired) electrons. The average molecular weight is 641 g/mol. The van der Waals surface area contributed by atoms with Gasteiger partial charge in [0.25, 0.3) is 0 Å². The number of nitrogens with zero attached hydrogens (tertiary/aromatic N) is 6. The Morgan fingerprint density at radius 3 is 2.47 bits per heavy atom. The number of aliphatic hydroxyl groups excluding tert-OH is 1. The summed E-state index contributed by atoms with van der Waals surface area (Å²) in [5.41, 5.74) is 0.145. The molecule has 11 nitrogen and oxygen atoms in total. The van der Waals surface area contributed by atoms with Crippen LogP contribution < -0.4 is 4.90 Å². The minimum absolute atomic E-state index is 0.112. The van der Waals surface area contributed by atoms with E-state index in [0.717, 1.165) is 18.4 Å². The minimum Gasteiger partial charge on any atom is -0.396 e. The Bertz CT molecular complexity index is 1640. The van der Waals surface area contributed by atoms with Gasteiger partial charge in [-0.2, -0.15) is 0 Å². The highest BCUT2D eigenvalue weighted by atomic mass is 16.5. The number of benzene rings is 2. The second-order valence-corrected chi connectivity index (χ2v) is 13.0. The predicted octanol–water partition coefficient (Wildman–Crippen LogP) is 3.94. The molecular formula is C36H44N6O5. The van der Waals surface area contributed by atoms with Crippen LogP contribution in [0.1, 0.15) is 45.4 Å². The van der Waals surface area contributed by atoms with Crippen molar-refractivity contribution >= 4 is 34.4 Å². The first-order valence-corrected chi connectivity index (χ1v) is 16.6. The zero-order valence-corrected chi connectivity index (χ0v) is 27.0. The van der Waals surface area contributed by atoms with Gasteiger partial charge in [0, 0.05) is 31.9 Å². The molecule has 3 fully saturated rings. The molecule has 3 aliphatic rings. The van der Waals surface area contributed by atoms with Crippen LogP contribution in [-0.4, -0.2) is 91.1 Å². The summed E-state index contributed by atoms with van der Waals surface area (Å²) in [7, 11) is 0. The van der Waals surface area contributed by atoms with E-state index < -0.39 is 29.1 Å². The van der Waals surface area contributed by atoms with Crippen LogP contribution in [0.4, 0.5) is 5.69 Å². The molecule has 2 aromatic carbocycles. The van der Waals surface area contributed by atoms with Crippen LogP contribution in [0.2, 0.25) is 0 Å². The molecule has 0 saturated carbocycles. The molecule has 2 bridgehead atoms. The van der Waals surface area contributed by atoms with E-state index in [1.807, 2.05) is 61.5 Å². The molecule has 1 spiro atoms. The second kappa shape index (κ2) is 13.4. The van der Waals surface area contributed by atoms with Crippen LogP contribution in [0.25, 0.3) is 11.0 Å². The van der Waals surface area contributed by atoms with Crippen molar-refractivity contribution in [3.63, 3.8) is 0 Å². The van der Waals surface area contributed by atoms with E-state index in [4.69, 9.17) is 4.74 Å². The van der Waals surface area contributed by atoms with Gasteiger partial charge >= 0.3 is 0 Å². The third kappa shape index (κ3) is 5.65. The van der Waals surface area contributed by atoms with E-state index in [1.165, 1.54) is 0 Å². The van der Waals surface area contributed by atoms with Gasteiger partial charge in [0.15, 0.2) is 0 Å². The number of carbonyl (C=O) groups is 3. The number of aliphatic hydroxyl groups is 1. The normalized spacial score (nSPS) is 26.0. The van der Waals surface area contributed by atoms with Gasteiger partial charge in [0.1, 0.15) is 23.8 Å². The molecule has 1 N–H and O–H groups in total. The molecule has 2 unspecified atom stereocenters. The molecule has 11 heteroatoms. The van der Waals surface area contributed by atoms with Crippen LogP contribution in [0.3, 0.4) is 0 Å². The van der Waals surface area contributed by atoms with Crippen molar-refractivity contribution in [2.75, 3.05) is 31.1 Å². The maximum atomic E-state index is 14.9. The Morgan fingerprint density at radius 1 is 1.00 bits per heavy atom. The highest BCUT2D eigenvalue weighted by molar-refractivity contribution is 6.03. The van der Waals surface area contributed by atoms with Gasteiger partial charge in [-0.05, 0) is 56.9 Å². The number of carbonyl (C=O) groups excluding carboxylic acids is 3. The Balaban J connectivity index is 1.37. The number of ether oxygens (including phenoxy) is 1. The molecule has 3 amide bonds. The van der Waals surface area contributed by atoms with Crippen LogP contribution in [0.15, 0.2) is 79.9 Å². The van der Waals surface area contributed by atoms with E-state index >= 15 is 0 Å². The Kier molecular flexibility index (Phi) is 9.29. The molecule has 5 atom stereocenters. The fourth-order valence-electron chi connectivity index (χ4n) is 8.03. The lowest BCUT2D eigenvalue weighted by Gasteiger charge is -2.37. The SMILES string of the molecule is C=CCN(Cn1nnc2ccccc21)C(=O)C1N(CCCCCCO)C(=O)[C@@H]2[C@H](C(=O)N(CC=C)c3ccccc3)[C@]3(C)CCC12O3. The van der Waals surface area contributed by atoms with Crippen LogP contribution in [0, 0.1) is 11.8 Å². The number of unbranched alkanes of at least 4 members (excludes halogenated alkanes) is 3. The van der Waals surface area contributed by atoms with Gasteiger partial charge in [0.2, 0.25) is 17.7 Å². The van der Waals surface area contributed by atoms with E-state index in [9.17, 15) is 19.5 Å². The van der Waals surface area contributed by atoms with Gasteiger partial charge in [0.05, 0.1) is 23.0 Å². The fraction of sp³-hybridized carbons (Fsp3) is 0.472. The molecule has 6 rings (SSSR count). The topological polar surface area (TPSA) is 121 Å². The molecule has 4 heterocycles. The first kappa shape index (κ1) is 32.6. The number of para-hydroxylation sites is 2. The Labute approximate surface area is 275 Å². The van der Waals surface area contributed by atoms with Crippen molar-refractivity contribution in [1.82, 2.24) is 24.8 Å². The number of fused-ring (bicyclic) bond motifs is 2. The molecule has 47 heavy (non-hydrogen) atoms. The summed E-state index contributed by atoms with van der Waals surface area (Å²) in [5.74, 6) is -2.27. The summed E-state index contributed by atoms with van der Waals surface area (Å²) in [4.78, 5) is 49.1. The molecule has 248 valence electrons. The maximum absolute atomic E-state index is 14.9. The van der Waals surface area contributed by atoms with Crippen molar-refractivity contribution in [1.29, 1.82) is 0 Å². The molecule has 3 aliphatic heterocycles. The van der Waals surface area contributed by atoms with Gasteiger partial charge in [-0.25, -0.2) is 4.68 Å². The predicted molar refractivity (Wildman–Crippen MR) is 178 cm³/mol. The largest absolute Gasteiger partial charge is 0.396 e. The maximum Gasteiger partial charge on any atom is 0.250 e. The highest BCUT2D eigenvalue weighted by Crippen LogP contribution is 2.63. The molecule has 1 aromatic heterocycles. The molecule has 3 aromatic rings. The van der Waals surface area contributed by atoms with Crippen molar-refractivity contribution in [3.8, 4) is 0 Å². The third-order valence-electron chi connectivity index (χ3n) is 10.1. The number of hydrogen-bond acceptors (Lipinski definition) is 7. The highest BCUT2D eigenvalue weighted by Gasteiger charge is 2.78. The second-order valence-electron chi connectivity index (χ2n) is 13.0. The summed E-state index contributed by atoms with van der Waals surface area (Å²) in [5, 5.41) is 17.8. The van der Waals surface area contributed by atoms with Gasteiger partial charge < -0.3 is 24.5 Å². The van der Waals surface area contributed by atoms with E-state index in [1.54, 1.807) is 31.5 Å². The monoisotopic (exact) mass is 640 g/mol. The summed E-state index contributed by atoms with van der Waals surface area (Å²) in [6, 6.07) is 16.0. The van der Waals surface area contributed by atoms with E-state index in [2.05, 4.69) is 23.5 Å². The number of aromatic nitrogens is 3. The Morgan fingerprint density at radius 2 is 1.72 bits per heavy atom. The zero-order valence-electron chi connectivity index (χ0n) is 27.0. The van der Waals surface area contributed by atoms with Crippen LogP contribution in [-0.2, 0) is 25.8 Å². The summed E-state index contributed by atoms with van der Waals surface area (Å²) in [6.45, 7) is 10.8. The van der Waals surface area contributed by atoms with Crippen molar-refractivity contribution in [2.24, 2.45) is 11.8 Å². The molecule has 3 saturated heterocycles. The van der Waals surface area contributed by atoms with E-state index in [0.29, 0.717) is 43.4 Å². The van der Waals surface area contributed by atoms with Crippen LogP contribution >= 0.6 is 0 Å². The average Bonchev–Trinajstić information content (AvgIpc) is 3.78. The summed E-state index contributed by atoms with van der Waals surface area (Å²) < 4.78 is 8.58. The summed E-state index contributed by atoms with van der Waals surface area (Å²) in [6.07, 6.45) is 7.34. The lowest BCUT2D eigenvalue weighted by Crippen LogP contribution is -2.56. The quantitative estimate of drug-likeness (QED) is 0.197. The van der Waals surface area contributed by atoms with Gasteiger partial charge in [-0.3, -0.25) is 14.4 Å². The lowest BCUT2D eigenvalue weighted by atomic mass is 9.66. The minimum atomic E-state index is -1.16. The smallest absolute Gasteiger partial charge is 0.250 e. The number of amides is 3. The number of hydrogen-bond donors (Lipinski definition) is 1. The van der Waals surface area contributed by atoms with Gasteiger partial charge in [-0.15, -0.1) is 18.3 Å². The lowest BCUT2D eigenvalue weighted by molar-refractivity contribution is -0.152. The summed E-state index contributed by atoms with van der Waals surface area (Å²) >= 11 is 0. The number of anilines is 1. The van der Waals surface area contributed by atoms with Gasteiger partial charge in [-0.1, -0.05) is 60.5 Å². The molecular weight excluding hydrogens is 596 g/mol. The number of likely N-dealkylation sites (tertiary alicyclic amines) is 1. The first-order valence-electron chi connectivity index (χ1n) is 16.6. The first-order chi connectivity index (χ1) is 22.8. The third-order valence-corrected chi connectivity index (χ3v) is 10.1. The fourth-order valence-corrected chi connectivity index (χ4v) is 8.03. The van der Waals surface area contributed by atoms with Crippen molar-refractivity contribution in [3.05, 3.63) is 79.9 Å². The molecule has 0 aliphatic carbocycles. The van der Waals surface area contributed by atoms with Crippen LogP contribution in [0.5, 0.6) is 0 Å². The standard InChI is InChI=1S/C36H44N6O5/c1-4-21-39(25-42-28-18-12-11-17-27(28)37-38-42)34(46)31-36-20-19-35(3,47-36)29(30(36)33(45)41(31)23-13-6-7-14-24-43)32(44)40(22-5-2)26-15-9-8-10-16-26/h4-5,8-12,15-18,29-31,43H,1-2,6-7,13-14,19-25H2,3H3/t29-,30+,31?,35+,36?/m1/s1. The van der Waals surface area contributed by atoms with Crippen molar-refractivity contribution in [2.45, 2.75) is 69.4 Å².